The Morgan fingerprint density at radius 3 is 2.64 bits per heavy atom. The van der Waals surface area contributed by atoms with E-state index >= 15 is 0 Å². The summed E-state index contributed by atoms with van der Waals surface area (Å²) in [6, 6.07) is 10.4. The summed E-state index contributed by atoms with van der Waals surface area (Å²) >= 11 is 0. The number of hydrogen-bond donors (Lipinski definition) is 1. The minimum absolute atomic E-state index is 0.00704. The van der Waals surface area contributed by atoms with Crippen molar-refractivity contribution in [2.75, 3.05) is 19.6 Å². The second-order valence-corrected chi connectivity index (χ2v) is 8.50. The predicted octanol–water partition coefficient (Wildman–Crippen LogP) is 3.07. The topological polar surface area (TPSA) is 80.5 Å². The Morgan fingerprint density at radius 2 is 1.97 bits per heavy atom. The summed E-state index contributed by atoms with van der Waals surface area (Å²) in [5, 5.41) is 15.5. The molecule has 0 saturated carbocycles. The van der Waals surface area contributed by atoms with E-state index in [4.69, 9.17) is 4.74 Å². The number of halogens is 2. The minimum Gasteiger partial charge on any atom is -0.459 e. The van der Waals surface area contributed by atoms with Gasteiger partial charge in [-0.15, -0.1) is 0 Å². The highest BCUT2D eigenvalue weighted by Crippen LogP contribution is 2.29. The van der Waals surface area contributed by atoms with Gasteiger partial charge >= 0.3 is 5.97 Å². The second-order valence-electron chi connectivity index (χ2n) is 8.50. The van der Waals surface area contributed by atoms with E-state index in [2.05, 4.69) is 10.1 Å². The summed E-state index contributed by atoms with van der Waals surface area (Å²) in [5.74, 6) is -1.89. The molecule has 0 radical (unpaired) electrons. The largest absolute Gasteiger partial charge is 0.459 e. The number of likely N-dealkylation sites (tertiary alicyclic amines) is 1. The summed E-state index contributed by atoms with van der Waals surface area (Å²) in [7, 11) is 0. The van der Waals surface area contributed by atoms with Crippen LogP contribution in [0.15, 0.2) is 55.1 Å². The molecule has 1 fully saturated rings. The number of piperidine rings is 1. The third-order valence-electron chi connectivity index (χ3n) is 5.87. The van der Waals surface area contributed by atoms with Crippen LogP contribution < -0.4 is 0 Å². The molecule has 0 spiro atoms. The highest BCUT2D eigenvalue weighted by molar-refractivity contribution is 5.89. The number of carbonyl (C=O) groups is 1. The number of benzene rings is 2. The molecule has 0 bridgehead atoms. The first-order chi connectivity index (χ1) is 15.8. The molecular formula is C24H26F2N4O3. The Morgan fingerprint density at radius 1 is 1.18 bits per heavy atom. The van der Waals surface area contributed by atoms with Gasteiger partial charge in [-0.25, -0.2) is 23.2 Å². The molecule has 4 rings (SSSR count). The van der Waals surface area contributed by atoms with Gasteiger partial charge < -0.3 is 9.84 Å². The predicted molar refractivity (Wildman–Crippen MR) is 116 cm³/mol. The molecule has 1 saturated heterocycles. The van der Waals surface area contributed by atoms with Crippen LogP contribution >= 0.6 is 0 Å². The van der Waals surface area contributed by atoms with Crippen molar-refractivity contribution in [1.82, 2.24) is 19.7 Å². The van der Waals surface area contributed by atoms with Crippen LogP contribution in [0.3, 0.4) is 0 Å². The summed E-state index contributed by atoms with van der Waals surface area (Å²) in [6.07, 6.45) is 3.70. The molecule has 1 atom stereocenters. The van der Waals surface area contributed by atoms with E-state index in [1.54, 1.807) is 12.1 Å². The number of β-amino-alcohol motifs (C(OH)–C–C–N with tert-alkyl or cyclic N) is 1. The molecule has 1 aromatic heterocycles. The molecule has 1 aliphatic rings. The van der Waals surface area contributed by atoms with Gasteiger partial charge in [0, 0.05) is 31.3 Å². The van der Waals surface area contributed by atoms with Crippen LogP contribution in [0.4, 0.5) is 8.78 Å². The quantitative estimate of drug-likeness (QED) is 0.551. The lowest BCUT2D eigenvalue weighted by molar-refractivity contribution is -0.0396. The fraction of sp³-hybridized carbons (Fsp3) is 0.375. The zero-order chi connectivity index (χ0) is 23.4. The molecule has 0 aliphatic carbocycles. The fourth-order valence-corrected chi connectivity index (χ4v) is 4.22. The lowest BCUT2D eigenvalue weighted by atomic mass is 9.91. The van der Waals surface area contributed by atoms with E-state index in [0.29, 0.717) is 31.5 Å². The number of hydrogen-bond acceptors (Lipinski definition) is 6. The molecule has 3 aromatic rings. The van der Waals surface area contributed by atoms with E-state index in [-0.39, 0.29) is 30.7 Å². The molecule has 174 valence electrons. The molecule has 1 N–H and O–H groups in total. The minimum atomic E-state index is -1.66. The van der Waals surface area contributed by atoms with Crippen LogP contribution in [0.2, 0.25) is 0 Å². The van der Waals surface area contributed by atoms with Gasteiger partial charge in [-0.2, -0.15) is 5.10 Å². The van der Waals surface area contributed by atoms with Gasteiger partial charge in [-0.1, -0.05) is 23.8 Å². The maximum absolute atomic E-state index is 14.6. The SMILES string of the molecule is Cc1cccc(C(=O)OC2CCN(CC(O)(Cn3cncn3)c3ccc(F)cc3F)CC2)c1. The maximum Gasteiger partial charge on any atom is 0.338 e. The molecule has 2 heterocycles. The summed E-state index contributed by atoms with van der Waals surface area (Å²) in [6.45, 7) is 3.08. The van der Waals surface area contributed by atoms with E-state index in [0.717, 1.165) is 17.7 Å². The van der Waals surface area contributed by atoms with E-state index in [1.165, 1.54) is 23.4 Å². The van der Waals surface area contributed by atoms with Crippen molar-refractivity contribution in [1.29, 1.82) is 0 Å². The highest BCUT2D eigenvalue weighted by atomic mass is 19.1. The Kier molecular flexibility index (Phi) is 6.80. The summed E-state index contributed by atoms with van der Waals surface area (Å²) in [5.41, 5.74) is -0.158. The van der Waals surface area contributed by atoms with Gasteiger partial charge in [0.2, 0.25) is 0 Å². The van der Waals surface area contributed by atoms with Crippen LogP contribution in [0.5, 0.6) is 0 Å². The van der Waals surface area contributed by atoms with Crippen LogP contribution in [0.1, 0.15) is 34.3 Å². The first kappa shape index (κ1) is 23.0. The number of rotatable bonds is 7. The summed E-state index contributed by atoms with van der Waals surface area (Å²) < 4.78 is 35.1. The third-order valence-corrected chi connectivity index (χ3v) is 5.87. The molecule has 1 unspecified atom stereocenters. The molecule has 33 heavy (non-hydrogen) atoms. The summed E-state index contributed by atoms with van der Waals surface area (Å²) in [4.78, 5) is 18.3. The Balaban J connectivity index is 1.42. The third kappa shape index (κ3) is 5.61. The van der Waals surface area contributed by atoms with Crippen molar-refractivity contribution >= 4 is 5.97 Å². The van der Waals surface area contributed by atoms with Gasteiger partial charge in [0.15, 0.2) is 0 Å². The number of ether oxygens (including phenoxy) is 1. The highest BCUT2D eigenvalue weighted by Gasteiger charge is 2.37. The van der Waals surface area contributed by atoms with Crippen LogP contribution in [0.25, 0.3) is 0 Å². The van der Waals surface area contributed by atoms with E-state index in [9.17, 15) is 18.7 Å². The first-order valence-electron chi connectivity index (χ1n) is 10.8. The van der Waals surface area contributed by atoms with Crippen molar-refractivity contribution in [3.8, 4) is 0 Å². The number of aliphatic hydroxyl groups is 1. The number of esters is 1. The monoisotopic (exact) mass is 456 g/mol. The fourth-order valence-electron chi connectivity index (χ4n) is 4.22. The first-order valence-corrected chi connectivity index (χ1v) is 10.8. The number of nitrogens with zero attached hydrogens (tertiary/aromatic N) is 4. The lowest BCUT2D eigenvalue weighted by Crippen LogP contribution is -2.48. The van der Waals surface area contributed by atoms with E-state index in [1.807, 2.05) is 24.0 Å². The number of aryl methyl sites for hydroxylation is 1. The Bertz CT molecular complexity index is 1100. The zero-order valence-electron chi connectivity index (χ0n) is 18.3. The van der Waals surface area contributed by atoms with Crippen molar-refractivity contribution in [3.63, 3.8) is 0 Å². The molecule has 1 aliphatic heterocycles. The average molecular weight is 456 g/mol. The lowest BCUT2D eigenvalue weighted by Gasteiger charge is -2.38. The second kappa shape index (κ2) is 9.76. The number of carbonyl (C=O) groups excluding carboxylic acids is 1. The van der Waals surface area contributed by atoms with Gasteiger partial charge in [0.05, 0.1) is 12.1 Å². The van der Waals surface area contributed by atoms with Crippen LogP contribution in [-0.4, -0.2) is 56.5 Å². The van der Waals surface area contributed by atoms with Crippen molar-refractivity contribution < 1.29 is 23.4 Å². The van der Waals surface area contributed by atoms with Crippen LogP contribution in [0, 0.1) is 18.6 Å². The van der Waals surface area contributed by atoms with Crippen molar-refractivity contribution in [3.05, 3.63) is 83.4 Å². The normalized spacial score (nSPS) is 17.0. The number of aromatic nitrogens is 3. The van der Waals surface area contributed by atoms with E-state index < -0.39 is 17.2 Å². The molecule has 2 aromatic carbocycles. The average Bonchev–Trinajstić information content (AvgIpc) is 3.27. The Hall–Kier alpha value is -3.17. The molecule has 0 amide bonds. The smallest absolute Gasteiger partial charge is 0.338 e. The zero-order valence-corrected chi connectivity index (χ0v) is 18.3. The van der Waals surface area contributed by atoms with Crippen molar-refractivity contribution in [2.45, 2.75) is 38.0 Å². The Labute approximate surface area is 190 Å². The van der Waals surface area contributed by atoms with Gasteiger partial charge in [-0.3, -0.25) is 4.90 Å². The standard InChI is InChI=1S/C24H26F2N4O3/c1-17-3-2-4-18(11-17)23(31)33-20-7-9-29(10-8-20)13-24(32,14-30-16-27-15-28-30)21-6-5-19(25)12-22(21)26/h2-6,11-12,15-16,20,32H,7-10,13-14H2,1H3. The van der Waals surface area contributed by atoms with Crippen molar-refractivity contribution in [2.24, 2.45) is 0 Å². The molecule has 9 heteroatoms. The van der Waals surface area contributed by atoms with Crippen LogP contribution in [-0.2, 0) is 16.9 Å². The van der Waals surface area contributed by atoms with Gasteiger partial charge in [-0.05, 0) is 38.0 Å². The van der Waals surface area contributed by atoms with Gasteiger partial charge in [0.25, 0.3) is 0 Å². The molecular weight excluding hydrogens is 430 g/mol. The maximum atomic E-state index is 14.6. The molecule has 7 nitrogen and oxygen atoms in total. The van der Waals surface area contributed by atoms with Gasteiger partial charge in [0.1, 0.15) is 36.0 Å².